The normalized spacial score (nSPS) is 23.4. The fourth-order valence-corrected chi connectivity index (χ4v) is 5.72. The topological polar surface area (TPSA) is 95.9 Å². The molecule has 1 saturated carbocycles. The number of nitrogens with one attached hydrogen (secondary N) is 1. The van der Waals surface area contributed by atoms with Gasteiger partial charge in [0.05, 0.1) is 0 Å². The van der Waals surface area contributed by atoms with Crippen LogP contribution in [0.15, 0.2) is 48.5 Å². The van der Waals surface area contributed by atoms with E-state index in [0.717, 1.165) is 25.7 Å². The standard InChI is InChI=1S/C27H30N2O5/c30-25(29-14-13-24(29)26(31)32)15-17-7-1-6-12-23(17)28-27(33)34-16-22-20-10-4-2-8-18(20)19-9-3-5-11-21(19)22/h2-5,8-11,17,22-24H,1,6-7,12-16H2,(H,28,33)(H,31,32). The van der Waals surface area contributed by atoms with Gasteiger partial charge < -0.3 is 20.1 Å². The zero-order valence-electron chi connectivity index (χ0n) is 19.1. The Morgan fingerprint density at radius 2 is 1.59 bits per heavy atom. The number of carbonyl (C=O) groups excluding carboxylic acids is 2. The van der Waals surface area contributed by atoms with Crippen LogP contribution in [0.1, 0.15) is 55.6 Å². The molecule has 3 atom stereocenters. The summed E-state index contributed by atoms with van der Waals surface area (Å²) in [5, 5.41) is 12.2. The van der Waals surface area contributed by atoms with E-state index in [1.54, 1.807) is 0 Å². The highest BCUT2D eigenvalue weighted by atomic mass is 16.5. The highest BCUT2D eigenvalue weighted by Gasteiger charge is 2.39. The van der Waals surface area contributed by atoms with E-state index in [1.807, 2.05) is 24.3 Å². The van der Waals surface area contributed by atoms with E-state index in [2.05, 4.69) is 29.6 Å². The molecule has 0 bridgehead atoms. The third kappa shape index (κ3) is 4.27. The summed E-state index contributed by atoms with van der Waals surface area (Å²) in [4.78, 5) is 38.2. The first-order chi connectivity index (χ1) is 16.5. The summed E-state index contributed by atoms with van der Waals surface area (Å²) in [6.45, 7) is 0.747. The Kier molecular flexibility index (Phi) is 6.26. The van der Waals surface area contributed by atoms with Gasteiger partial charge >= 0.3 is 12.1 Å². The summed E-state index contributed by atoms with van der Waals surface area (Å²) < 4.78 is 5.70. The maximum atomic E-state index is 12.8. The average molecular weight is 463 g/mol. The van der Waals surface area contributed by atoms with Crippen LogP contribution in [0.4, 0.5) is 4.79 Å². The van der Waals surface area contributed by atoms with Crippen molar-refractivity contribution in [2.45, 2.75) is 56.5 Å². The van der Waals surface area contributed by atoms with Gasteiger partial charge in [-0.05, 0) is 47.4 Å². The number of carbonyl (C=O) groups is 3. The number of alkyl carbamates (subject to hydrolysis) is 1. The summed E-state index contributed by atoms with van der Waals surface area (Å²) in [6, 6.07) is 15.6. The van der Waals surface area contributed by atoms with Crippen LogP contribution in [0.5, 0.6) is 0 Å². The van der Waals surface area contributed by atoms with Crippen molar-refractivity contribution in [1.82, 2.24) is 10.2 Å². The predicted molar refractivity (Wildman–Crippen MR) is 126 cm³/mol. The molecule has 7 heteroatoms. The molecule has 0 radical (unpaired) electrons. The van der Waals surface area contributed by atoms with E-state index in [-0.39, 0.29) is 36.8 Å². The molecule has 2 fully saturated rings. The highest BCUT2D eigenvalue weighted by Crippen LogP contribution is 2.44. The molecule has 0 spiro atoms. The summed E-state index contributed by atoms with van der Waals surface area (Å²) in [7, 11) is 0. The lowest BCUT2D eigenvalue weighted by molar-refractivity contribution is -0.157. The quantitative estimate of drug-likeness (QED) is 0.672. The minimum absolute atomic E-state index is 0.00116. The Labute approximate surface area is 199 Å². The maximum absolute atomic E-state index is 12.8. The highest BCUT2D eigenvalue weighted by molar-refractivity contribution is 5.85. The van der Waals surface area contributed by atoms with E-state index in [0.29, 0.717) is 13.0 Å². The minimum Gasteiger partial charge on any atom is -0.480 e. The smallest absolute Gasteiger partial charge is 0.407 e. The largest absolute Gasteiger partial charge is 0.480 e. The molecule has 2 amide bonds. The van der Waals surface area contributed by atoms with E-state index < -0.39 is 18.1 Å². The number of amides is 2. The zero-order valence-corrected chi connectivity index (χ0v) is 19.1. The molecule has 3 unspecified atom stereocenters. The van der Waals surface area contributed by atoms with Gasteiger partial charge in [0.2, 0.25) is 5.91 Å². The van der Waals surface area contributed by atoms with Gasteiger partial charge in [0.25, 0.3) is 0 Å². The van der Waals surface area contributed by atoms with Crippen LogP contribution in [-0.4, -0.2) is 53.2 Å². The van der Waals surface area contributed by atoms with Crippen LogP contribution in [0.3, 0.4) is 0 Å². The average Bonchev–Trinajstić information content (AvgIpc) is 3.11. The molecule has 1 saturated heterocycles. The van der Waals surface area contributed by atoms with Crippen molar-refractivity contribution in [2.75, 3.05) is 13.2 Å². The van der Waals surface area contributed by atoms with Crippen molar-refractivity contribution in [3.63, 3.8) is 0 Å². The van der Waals surface area contributed by atoms with Crippen molar-refractivity contribution in [1.29, 1.82) is 0 Å². The Bertz CT molecular complexity index is 1050. The summed E-state index contributed by atoms with van der Waals surface area (Å²) in [5.74, 6) is -1.08. The number of likely N-dealkylation sites (tertiary alicyclic amines) is 1. The van der Waals surface area contributed by atoms with Crippen LogP contribution >= 0.6 is 0 Å². The Morgan fingerprint density at radius 3 is 2.21 bits per heavy atom. The monoisotopic (exact) mass is 462 g/mol. The van der Waals surface area contributed by atoms with Gasteiger partial charge in [0.1, 0.15) is 12.6 Å². The molecule has 2 aromatic carbocycles. The van der Waals surface area contributed by atoms with Crippen LogP contribution < -0.4 is 5.32 Å². The predicted octanol–water partition coefficient (Wildman–Crippen LogP) is 4.16. The second-order valence-electron chi connectivity index (χ2n) is 9.55. The van der Waals surface area contributed by atoms with Gasteiger partial charge in [-0.2, -0.15) is 0 Å². The molecule has 178 valence electrons. The van der Waals surface area contributed by atoms with Crippen molar-refractivity contribution in [3.8, 4) is 11.1 Å². The number of rotatable bonds is 6. The number of ether oxygens (including phenoxy) is 1. The second kappa shape index (κ2) is 9.49. The Balaban J connectivity index is 1.19. The number of hydrogen-bond donors (Lipinski definition) is 2. The van der Waals surface area contributed by atoms with E-state index >= 15 is 0 Å². The van der Waals surface area contributed by atoms with Crippen molar-refractivity contribution in [2.24, 2.45) is 5.92 Å². The minimum atomic E-state index is -0.948. The molecule has 7 nitrogen and oxygen atoms in total. The molecular formula is C27H30N2O5. The van der Waals surface area contributed by atoms with Crippen molar-refractivity contribution >= 4 is 18.0 Å². The number of carboxylic acid groups (broad SMARTS) is 1. The second-order valence-corrected chi connectivity index (χ2v) is 9.55. The van der Waals surface area contributed by atoms with Crippen LogP contribution in [-0.2, 0) is 14.3 Å². The van der Waals surface area contributed by atoms with E-state index in [4.69, 9.17) is 4.74 Å². The number of hydrogen-bond acceptors (Lipinski definition) is 4. The van der Waals surface area contributed by atoms with Crippen LogP contribution in [0.25, 0.3) is 11.1 Å². The summed E-state index contributed by atoms with van der Waals surface area (Å²) in [6.07, 6.45) is 3.93. The molecule has 3 aliphatic rings. The number of carboxylic acids is 1. The molecule has 2 aromatic rings. The Morgan fingerprint density at radius 1 is 0.941 bits per heavy atom. The van der Waals surface area contributed by atoms with Crippen LogP contribution in [0.2, 0.25) is 0 Å². The molecule has 0 aromatic heterocycles. The van der Waals surface area contributed by atoms with E-state index in [1.165, 1.54) is 27.2 Å². The first kappa shape index (κ1) is 22.4. The number of aliphatic carboxylic acids is 1. The molecule has 1 heterocycles. The molecule has 5 rings (SSSR count). The van der Waals surface area contributed by atoms with Gasteiger partial charge in [-0.25, -0.2) is 9.59 Å². The lowest BCUT2D eigenvalue weighted by Crippen LogP contribution is -2.56. The fourth-order valence-electron chi connectivity index (χ4n) is 5.72. The molecule has 2 N–H and O–H groups in total. The lowest BCUT2D eigenvalue weighted by atomic mass is 9.81. The van der Waals surface area contributed by atoms with Gasteiger partial charge in [-0.15, -0.1) is 0 Å². The van der Waals surface area contributed by atoms with Crippen molar-refractivity contribution < 1.29 is 24.2 Å². The van der Waals surface area contributed by atoms with Gasteiger partial charge in [0, 0.05) is 24.9 Å². The molecule has 2 aliphatic carbocycles. The summed E-state index contributed by atoms with van der Waals surface area (Å²) in [5.41, 5.74) is 4.70. The van der Waals surface area contributed by atoms with Gasteiger partial charge in [-0.1, -0.05) is 61.4 Å². The molecule has 34 heavy (non-hydrogen) atoms. The Hall–Kier alpha value is -3.35. The third-order valence-corrected chi connectivity index (χ3v) is 7.62. The molecule has 1 aliphatic heterocycles. The van der Waals surface area contributed by atoms with Crippen LogP contribution in [0, 0.1) is 5.92 Å². The van der Waals surface area contributed by atoms with Gasteiger partial charge in [0.15, 0.2) is 0 Å². The fraction of sp³-hybridized carbons (Fsp3) is 0.444. The lowest BCUT2D eigenvalue weighted by Gasteiger charge is -2.40. The maximum Gasteiger partial charge on any atom is 0.407 e. The van der Waals surface area contributed by atoms with Gasteiger partial charge in [-0.3, -0.25) is 4.79 Å². The molecular weight excluding hydrogens is 432 g/mol. The first-order valence-corrected chi connectivity index (χ1v) is 12.2. The van der Waals surface area contributed by atoms with Crippen molar-refractivity contribution in [3.05, 3.63) is 59.7 Å². The third-order valence-electron chi connectivity index (χ3n) is 7.62. The summed E-state index contributed by atoms with van der Waals surface area (Å²) >= 11 is 0. The number of fused-ring (bicyclic) bond motifs is 3. The first-order valence-electron chi connectivity index (χ1n) is 12.2. The SMILES string of the molecule is O=C(NC1CCCCC1CC(=O)N1CCC1C(=O)O)OCC1c2ccccc2-c2ccccc21. The number of benzene rings is 2. The number of nitrogens with zero attached hydrogens (tertiary/aromatic N) is 1. The van der Waals surface area contributed by atoms with E-state index in [9.17, 15) is 19.5 Å². The zero-order chi connectivity index (χ0) is 23.7.